The summed E-state index contributed by atoms with van der Waals surface area (Å²) >= 11 is 0. The van der Waals surface area contributed by atoms with Crippen molar-refractivity contribution in [2.24, 2.45) is 0 Å². The van der Waals surface area contributed by atoms with E-state index in [4.69, 9.17) is 9.47 Å². The maximum Gasteiger partial charge on any atom is 0.175 e. The summed E-state index contributed by atoms with van der Waals surface area (Å²) in [4.78, 5) is 0.323. The SMILES string of the molecule is COc1cc2c(cc1OCc1ccccc1)CCNC2/C=C/c1ccc(S(C)(=O)=O)cc1. The summed E-state index contributed by atoms with van der Waals surface area (Å²) in [5.41, 5.74) is 4.44. The first-order valence-corrected chi connectivity index (χ1v) is 12.4. The van der Waals surface area contributed by atoms with Crippen LogP contribution >= 0.6 is 0 Å². The third-order valence-corrected chi connectivity index (χ3v) is 6.67. The Balaban J connectivity index is 1.54. The molecule has 0 spiro atoms. The Morgan fingerprint density at radius 2 is 1.78 bits per heavy atom. The van der Waals surface area contributed by atoms with Gasteiger partial charge >= 0.3 is 0 Å². The predicted molar refractivity (Wildman–Crippen MR) is 127 cm³/mol. The molecular formula is C26H27NO4S. The maximum atomic E-state index is 11.7. The minimum atomic E-state index is -3.19. The average molecular weight is 450 g/mol. The minimum Gasteiger partial charge on any atom is -0.493 e. The van der Waals surface area contributed by atoms with Crippen LogP contribution in [0.4, 0.5) is 0 Å². The third-order valence-electron chi connectivity index (χ3n) is 5.55. The molecule has 0 saturated heterocycles. The van der Waals surface area contributed by atoms with Gasteiger partial charge in [-0.15, -0.1) is 0 Å². The van der Waals surface area contributed by atoms with Gasteiger partial charge in [-0.05, 0) is 52.9 Å². The topological polar surface area (TPSA) is 64.6 Å². The van der Waals surface area contributed by atoms with E-state index in [1.807, 2.05) is 54.6 Å². The molecule has 0 bridgehead atoms. The average Bonchev–Trinajstić information content (AvgIpc) is 2.81. The summed E-state index contributed by atoms with van der Waals surface area (Å²) in [5.74, 6) is 1.45. The first-order chi connectivity index (χ1) is 15.4. The van der Waals surface area contributed by atoms with E-state index in [0.29, 0.717) is 17.3 Å². The summed E-state index contributed by atoms with van der Waals surface area (Å²) in [6.07, 6.45) is 6.23. The van der Waals surface area contributed by atoms with Crippen molar-refractivity contribution in [3.8, 4) is 11.5 Å². The fraction of sp³-hybridized carbons (Fsp3) is 0.231. The summed E-state index contributed by atoms with van der Waals surface area (Å²) in [5, 5.41) is 3.53. The highest BCUT2D eigenvalue weighted by atomic mass is 32.2. The molecule has 32 heavy (non-hydrogen) atoms. The predicted octanol–water partition coefficient (Wildman–Crippen LogP) is 4.58. The zero-order valence-electron chi connectivity index (χ0n) is 18.2. The van der Waals surface area contributed by atoms with E-state index in [2.05, 4.69) is 17.5 Å². The maximum absolute atomic E-state index is 11.7. The number of rotatable bonds is 7. The Morgan fingerprint density at radius 1 is 1.03 bits per heavy atom. The second kappa shape index (κ2) is 9.59. The van der Waals surface area contributed by atoms with Gasteiger partial charge in [-0.3, -0.25) is 0 Å². The summed E-state index contributed by atoms with van der Waals surface area (Å²) in [6, 6.07) is 21.1. The van der Waals surface area contributed by atoms with Crippen LogP contribution in [-0.2, 0) is 22.9 Å². The van der Waals surface area contributed by atoms with Gasteiger partial charge < -0.3 is 14.8 Å². The van der Waals surface area contributed by atoms with Crippen LogP contribution < -0.4 is 14.8 Å². The first kappa shape index (κ1) is 22.1. The van der Waals surface area contributed by atoms with Gasteiger partial charge in [0.25, 0.3) is 0 Å². The molecule has 6 heteroatoms. The molecular weight excluding hydrogens is 422 g/mol. The lowest BCUT2D eigenvalue weighted by Crippen LogP contribution is -2.28. The van der Waals surface area contributed by atoms with Gasteiger partial charge in [-0.25, -0.2) is 8.42 Å². The van der Waals surface area contributed by atoms with Crippen molar-refractivity contribution in [2.75, 3.05) is 19.9 Å². The molecule has 1 heterocycles. The molecule has 166 valence electrons. The Bertz CT molecular complexity index is 1200. The highest BCUT2D eigenvalue weighted by Gasteiger charge is 2.21. The summed E-state index contributed by atoms with van der Waals surface area (Å²) in [6.45, 7) is 1.35. The largest absolute Gasteiger partial charge is 0.493 e. The zero-order chi connectivity index (χ0) is 22.6. The van der Waals surface area contributed by atoms with Gasteiger partial charge in [0.2, 0.25) is 0 Å². The van der Waals surface area contributed by atoms with Gasteiger partial charge in [0.15, 0.2) is 21.3 Å². The lowest BCUT2D eigenvalue weighted by atomic mass is 9.93. The molecule has 1 aliphatic heterocycles. The number of fused-ring (bicyclic) bond motifs is 1. The Kier molecular flexibility index (Phi) is 6.63. The van der Waals surface area contributed by atoms with Crippen LogP contribution in [0.2, 0.25) is 0 Å². The van der Waals surface area contributed by atoms with Crippen molar-refractivity contribution < 1.29 is 17.9 Å². The quantitative estimate of drug-likeness (QED) is 0.572. The highest BCUT2D eigenvalue weighted by Crippen LogP contribution is 2.36. The first-order valence-electron chi connectivity index (χ1n) is 10.5. The fourth-order valence-electron chi connectivity index (χ4n) is 3.81. The standard InChI is InChI=1S/C26H27NO4S/c1-30-25-17-23-21(16-26(25)31-18-20-6-4-3-5-7-20)14-15-27-24(23)13-10-19-8-11-22(12-9-19)32(2,28)29/h3-13,16-17,24,27H,14-15,18H2,1-2H3/b13-10+. The van der Waals surface area contributed by atoms with Gasteiger partial charge in [0, 0.05) is 12.8 Å². The van der Waals surface area contributed by atoms with Crippen LogP contribution in [-0.4, -0.2) is 28.3 Å². The van der Waals surface area contributed by atoms with Gasteiger partial charge in [0.05, 0.1) is 18.0 Å². The smallest absolute Gasteiger partial charge is 0.175 e. The molecule has 3 aromatic carbocycles. The fourth-order valence-corrected chi connectivity index (χ4v) is 4.44. The van der Waals surface area contributed by atoms with Gasteiger partial charge in [-0.1, -0.05) is 54.6 Å². The Labute approximate surface area is 189 Å². The number of hydrogen-bond donors (Lipinski definition) is 1. The minimum absolute atomic E-state index is 0.0328. The molecule has 3 aromatic rings. The highest BCUT2D eigenvalue weighted by molar-refractivity contribution is 7.90. The molecule has 5 nitrogen and oxygen atoms in total. The van der Waals surface area contributed by atoms with Crippen LogP contribution in [0.3, 0.4) is 0 Å². The number of benzene rings is 3. The van der Waals surface area contributed by atoms with Crippen molar-refractivity contribution in [2.45, 2.75) is 24.0 Å². The van der Waals surface area contributed by atoms with Gasteiger partial charge in [0.1, 0.15) is 6.61 Å². The van der Waals surface area contributed by atoms with Crippen molar-refractivity contribution in [1.82, 2.24) is 5.32 Å². The molecule has 4 rings (SSSR count). The lowest BCUT2D eigenvalue weighted by molar-refractivity contribution is 0.283. The number of sulfone groups is 1. The number of hydrogen-bond acceptors (Lipinski definition) is 5. The van der Waals surface area contributed by atoms with Crippen molar-refractivity contribution in [3.05, 3.63) is 95.1 Å². The molecule has 0 fully saturated rings. The lowest BCUT2D eigenvalue weighted by Gasteiger charge is -2.26. The van der Waals surface area contributed by atoms with Crippen LogP contribution in [0.5, 0.6) is 11.5 Å². The Morgan fingerprint density at radius 3 is 2.47 bits per heavy atom. The van der Waals surface area contributed by atoms with Crippen LogP contribution in [0.15, 0.2) is 77.7 Å². The molecule has 0 saturated carbocycles. The van der Waals surface area contributed by atoms with Gasteiger partial charge in [-0.2, -0.15) is 0 Å². The number of nitrogens with one attached hydrogen (secondary N) is 1. The molecule has 0 aliphatic carbocycles. The van der Waals surface area contributed by atoms with E-state index in [0.717, 1.165) is 35.4 Å². The van der Waals surface area contributed by atoms with E-state index in [9.17, 15) is 8.42 Å². The molecule has 0 aromatic heterocycles. The second-order valence-electron chi connectivity index (χ2n) is 7.86. The van der Waals surface area contributed by atoms with Crippen LogP contribution in [0.1, 0.15) is 28.3 Å². The van der Waals surface area contributed by atoms with E-state index in [1.54, 1.807) is 19.2 Å². The monoisotopic (exact) mass is 449 g/mol. The van der Waals surface area contributed by atoms with Crippen LogP contribution in [0, 0.1) is 0 Å². The van der Waals surface area contributed by atoms with Crippen molar-refractivity contribution in [1.29, 1.82) is 0 Å². The molecule has 1 atom stereocenters. The third kappa shape index (κ3) is 5.21. The molecule has 0 amide bonds. The molecule has 0 radical (unpaired) electrons. The van der Waals surface area contributed by atoms with E-state index >= 15 is 0 Å². The molecule has 1 aliphatic rings. The van der Waals surface area contributed by atoms with Crippen molar-refractivity contribution in [3.63, 3.8) is 0 Å². The summed E-state index contributed by atoms with van der Waals surface area (Å²) in [7, 11) is -1.54. The summed E-state index contributed by atoms with van der Waals surface area (Å²) < 4.78 is 35.0. The molecule has 1 unspecified atom stereocenters. The second-order valence-corrected chi connectivity index (χ2v) is 9.87. The van der Waals surface area contributed by atoms with E-state index < -0.39 is 9.84 Å². The number of ether oxygens (including phenoxy) is 2. The van der Waals surface area contributed by atoms with E-state index in [1.165, 1.54) is 11.8 Å². The number of methoxy groups -OCH3 is 1. The zero-order valence-corrected chi connectivity index (χ0v) is 19.1. The van der Waals surface area contributed by atoms with Crippen molar-refractivity contribution >= 4 is 15.9 Å². The van der Waals surface area contributed by atoms with E-state index in [-0.39, 0.29) is 6.04 Å². The molecule has 1 N–H and O–H groups in total. The van der Waals surface area contributed by atoms with Crippen LogP contribution in [0.25, 0.3) is 6.08 Å². The Hall–Kier alpha value is -3.09. The normalized spacial score (nSPS) is 16.0.